The Morgan fingerprint density at radius 2 is 1.89 bits per heavy atom. The lowest BCUT2D eigenvalue weighted by molar-refractivity contribution is -0.192. The van der Waals surface area contributed by atoms with Crippen molar-refractivity contribution in [3.8, 4) is 5.75 Å². The summed E-state index contributed by atoms with van der Waals surface area (Å²) in [5.41, 5.74) is 0. The molecule has 0 amide bonds. The predicted octanol–water partition coefficient (Wildman–Crippen LogP) is 3.29. The van der Waals surface area contributed by atoms with E-state index in [-0.39, 0.29) is 5.97 Å². The molecule has 0 aliphatic rings. The monoisotopic (exact) mass is 298 g/mol. The Labute approximate surface area is 111 Å². The number of ether oxygens (including phenoxy) is 1. The summed E-state index contributed by atoms with van der Waals surface area (Å²) in [6, 6.07) is 6.76. The van der Waals surface area contributed by atoms with Gasteiger partial charge in [0.25, 0.3) is 0 Å². The normalized spacial score (nSPS) is 10.2. The van der Waals surface area contributed by atoms with E-state index < -0.39 is 12.1 Å². The van der Waals surface area contributed by atoms with Gasteiger partial charge in [-0.1, -0.05) is 24.6 Å². The molecule has 8 heteroatoms. The van der Waals surface area contributed by atoms with E-state index in [1.807, 2.05) is 0 Å². The van der Waals surface area contributed by atoms with Crippen molar-refractivity contribution in [2.75, 3.05) is 0 Å². The molecule has 1 rings (SSSR count). The number of esters is 1. The molecule has 19 heavy (non-hydrogen) atoms. The molecule has 0 unspecified atom stereocenters. The minimum atomic E-state index is -5.08. The molecular formula is C11H10ClF3O4. The summed E-state index contributed by atoms with van der Waals surface area (Å²) in [7, 11) is 0. The topological polar surface area (TPSA) is 63.6 Å². The number of aliphatic carboxylic acids is 1. The van der Waals surface area contributed by atoms with E-state index in [2.05, 4.69) is 0 Å². The Bertz CT molecular complexity index is 446. The van der Waals surface area contributed by atoms with E-state index in [4.69, 9.17) is 26.2 Å². The van der Waals surface area contributed by atoms with Crippen molar-refractivity contribution >= 4 is 23.5 Å². The summed E-state index contributed by atoms with van der Waals surface area (Å²) in [5.74, 6) is -2.51. The fourth-order valence-electron chi connectivity index (χ4n) is 0.734. The summed E-state index contributed by atoms with van der Waals surface area (Å²) in [5, 5.41) is 7.69. The van der Waals surface area contributed by atoms with Gasteiger partial charge in [0.15, 0.2) is 0 Å². The maximum Gasteiger partial charge on any atom is 0.490 e. The first-order valence-corrected chi connectivity index (χ1v) is 5.31. The van der Waals surface area contributed by atoms with Crippen LogP contribution in [-0.4, -0.2) is 23.2 Å². The van der Waals surface area contributed by atoms with E-state index in [1.54, 1.807) is 31.2 Å². The average Bonchev–Trinajstić information content (AvgIpc) is 2.28. The van der Waals surface area contributed by atoms with E-state index in [1.165, 1.54) is 0 Å². The first kappa shape index (κ1) is 17.2. The van der Waals surface area contributed by atoms with Gasteiger partial charge >= 0.3 is 18.1 Å². The van der Waals surface area contributed by atoms with Gasteiger partial charge in [-0.3, -0.25) is 4.79 Å². The molecule has 4 nitrogen and oxygen atoms in total. The smallest absolute Gasteiger partial charge is 0.475 e. The molecule has 0 aromatic heterocycles. The Balaban J connectivity index is 0.000000399. The Morgan fingerprint density at radius 1 is 1.37 bits per heavy atom. The van der Waals surface area contributed by atoms with E-state index in [9.17, 15) is 18.0 Å². The highest BCUT2D eigenvalue weighted by Gasteiger charge is 2.38. The second-order valence-corrected chi connectivity index (χ2v) is 3.52. The van der Waals surface area contributed by atoms with Gasteiger partial charge in [0.05, 0.1) is 0 Å². The third-order valence-corrected chi connectivity index (χ3v) is 1.79. The maximum absolute atomic E-state index is 10.8. The summed E-state index contributed by atoms with van der Waals surface area (Å²) in [6.45, 7) is 1.74. The molecule has 0 spiro atoms. The number of carbonyl (C=O) groups excluding carboxylic acids is 1. The fraction of sp³-hybridized carbons (Fsp3) is 0.273. The van der Waals surface area contributed by atoms with Crippen LogP contribution < -0.4 is 4.74 Å². The second kappa shape index (κ2) is 7.63. The number of halogens is 4. The fourth-order valence-corrected chi connectivity index (χ4v) is 0.914. The summed E-state index contributed by atoms with van der Waals surface area (Å²) >= 11 is 5.68. The molecule has 0 aliphatic heterocycles. The lowest BCUT2D eigenvalue weighted by Crippen LogP contribution is -2.21. The first-order valence-electron chi connectivity index (χ1n) is 4.93. The molecule has 0 bridgehead atoms. The first-order chi connectivity index (χ1) is 8.66. The third kappa shape index (κ3) is 8.04. The zero-order valence-electron chi connectivity index (χ0n) is 9.70. The molecule has 1 aromatic rings. The van der Waals surface area contributed by atoms with Crippen molar-refractivity contribution in [3.05, 3.63) is 29.3 Å². The third-order valence-electron chi connectivity index (χ3n) is 1.56. The van der Waals surface area contributed by atoms with Crippen LogP contribution in [-0.2, 0) is 9.59 Å². The minimum absolute atomic E-state index is 0.253. The van der Waals surface area contributed by atoms with Gasteiger partial charge in [-0.2, -0.15) is 13.2 Å². The minimum Gasteiger partial charge on any atom is -0.475 e. The molecule has 0 radical (unpaired) electrons. The molecule has 0 heterocycles. The SMILES string of the molecule is CCC(=O)Oc1cccc(Cl)c1.O=C(O)C(F)(F)F. The van der Waals surface area contributed by atoms with Crippen LogP contribution in [0.3, 0.4) is 0 Å². The quantitative estimate of drug-likeness (QED) is 0.672. The number of alkyl halides is 3. The van der Waals surface area contributed by atoms with Crippen molar-refractivity contribution in [2.45, 2.75) is 19.5 Å². The van der Waals surface area contributed by atoms with Crippen LogP contribution in [0.15, 0.2) is 24.3 Å². The molecule has 0 saturated carbocycles. The van der Waals surface area contributed by atoms with Crippen LogP contribution in [0, 0.1) is 0 Å². The molecule has 1 N–H and O–H groups in total. The molecule has 0 atom stereocenters. The molecule has 0 aliphatic carbocycles. The standard InChI is InChI=1S/C9H9ClO2.C2HF3O2/c1-2-9(11)12-8-5-3-4-7(10)6-8;3-2(4,5)1(6)7/h3-6H,2H2,1H3;(H,6,7). The molecule has 106 valence electrons. The van der Waals surface area contributed by atoms with Crippen LogP contribution in [0.1, 0.15) is 13.3 Å². The van der Waals surface area contributed by atoms with Gasteiger partial charge in [0.1, 0.15) is 5.75 Å². The second-order valence-electron chi connectivity index (χ2n) is 3.09. The Hall–Kier alpha value is -1.76. The van der Waals surface area contributed by atoms with E-state index in [0.29, 0.717) is 17.2 Å². The molecule has 0 fully saturated rings. The van der Waals surface area contributed by atoms with E-state index >= 15 is 0 Å². The average molecular weight is 299 g/mol. The highest BCUT2D eigenvalue weighted by Crippen LogP contribution is 2.17. The van der Waals surface area contributed by atoms with Gasteiger partial charge in [0.2, 0.25) is 0 Å². The predicted molar refractivity (Wildman–Crippen MR) is 61.1 cm³/mol. The lowest BCUT2D eigenvalue weighted by atomic mass is 10.3. The van der Waals surface area contributed by atoms with Crippen LogP contribution in [0.25, 0.3) is 0 Å². The number of carboxylic acids is 1. The van der Waals surface area contributed by atoms with Crippen molar-refractivity contribution in [1.29, 1.82) is 0 Å². The van der Waals surface area contributed by atoms with Crippen LogP contribution >= 0.6 is 11.6 Å². The largest absolute Gasteiger partial charge is 0.490 e. The van der Waals surface area contributed by atoms with Gasteiger partial charge in [-0.25, -0.2) is 4.79 Å². The van der Waals surface area contributed by atoms with Crippen molar-refractivity contribution in [1.82, 2.24) is 0 Å². The van der Waals surface area contributed by atoms with Gasteiger partial charge < -0.3 is 9.84 Å². The number of carbonyl (C=O) groups is 2. The maximum atomic E-state index is 10.8. The lowest BCUT2D eigenvalue weighted by Gasteiger charge is -2.01. The Morgan fingerprint density at radius 3 is 2.26 bits per heavy atom. The van der Waals surface area contributed by atoms with Crippen LogP contribution in [0.4, 0.5) is 13.2 Å². The molecule has 1 aromatic carbocycles. The zero-order valence-corrected chi connectivity index (χ0v) is 10.5. The zero-order chi connectivity index (χ0) is 15.1. The van der Waals surface area contributed by atoms with Gasteiger partial charge in [-0.15, -0.1) is 0 Å². The summed E-state index contributed by atoms with van der Waals surface area (Å²) in [4.78, 5) is 19.7. The summed E-state index contributed by atoms with van der Waals surface area (Å²) < 4.78 is 36.7. The van der Waals surface area contributed by atoms with Crippen molar-refractivity contribution in [3.63, 3.8) is 0 Å². The highest BCUT2D eigenvalue weighted by molar-refractivity contribution is 6.30. The molecule has 0 saturated heterocycles. The summed E-state index contributed by atoms with van der Waals surface area (Å²) in [6.07, 6.45) is -4.72. The highest BCUT2D eigenvalue weighted by atomic mass is 35.5. The van der Waals surface area contributed by atoms with Gasteiger partial charge in [0, 0.05) is 11.4 Å². The van der Waals surface area contributed by atoms with Crippen LogP contribution in [0.5, 0.6) is 5.75 Å². The van der Waals surface area contributed by atoms with E-state index in [0.717, 1.165) is 0 Å². The molecular weight excluding hydrogens is 289 g/mol. The van der Waals surface area contributed by atoms with Crippen LogP contribution in [0.2, 0.25) is 5.02 Å². The van der Waals surface area contributed by atoms with Crippen molar-refractivity contribution in [2.24, 2.45) is 0 Å². The number of hydrogen-bond acceptors (Lipinski definition) is 3. The Kier molecular flexibility index (Phi) is 6.92. The number of carboxylic acid groups (broad SMARTS) is 1. The number of benzene rings is 1. The number of hydrogen-bond donors (Lipinski definition) is 1. The van der Waals surface area contributed by atoms with Gasteiger partial charge in [-0.05, 0) is 18.2 Å². The number of rotatable bonds is 2. The van der Waals surface area contributed by atoms with Crippen molar-refractivity contribution < 1.29 is 32.6 Å².